The van der Waals surface area contributed by atoms with Crippen LogP contribution in [0.5, 0.6) is 0 Å². The SMILES string of the molecule is CC(C)(C)Cc1ccc2c(c1)CCOC2. The van der Waals surface area contributed by atoms with Gasteiger partial charge in [-0.05, 0) is 34.9 Å². The van der Waals surface area contributed by atoms with E-state index < -0.39 is 0 Å². The van der Waals surface area contributed by atoms with Crippen LogP contribution < -0.4 is 0 Å². The van der Waals surface area contributed by atoms with E-state index >= 15 is 0 Å². The molecule has 1 aliphatic heterocycles. The molecule has 0 atom stereocenters. The minimum atomic E-state index is 0.374. The number of hydrogen-bond acceptors (Lipinski definition) is 1. The van der Waals surface area contributed by atoms with Gasteiger partial charge in [-0.15, -0.1) is 0 Å². The molecule has 0 N–H and O–H groups in total. The van der Waals surface area contributed by atoms with E-state index in [9.17, 15) is 0 Å². The Labute approximate surface area is 92.5 Å². The average Bonchev–Trinajstić information content (AvgIpc) is 2.15. The molecule has 0 saturated heterocycles. The molecule has 1 nitrogen and oxygen atoms in total. The lowest BCUT2D eigenvalue weighted by Crippen LogP contribution is -2.13. The molecule has 1 heterocycles. The quantitative estimate of drug-likeness (QED) is 0.681. The van der Waals surface area contributed by atoms with Crippen molar-refractivity contribution in [1.82, 2.24) is 0 Å². The Morgan fingerprint density at radius 3 is 2.73 bits per heavy atom. The van der Waals surface area contributed by atoms with Crippen LogP contribution in [0.2, 0.25) is 0 Å². The van der Waals surface area contributed by atoms with E-state index in [-0.39, 0.29) is 0 Å². The number of ether oxygens (including phenoxy) is 1. The summed E-state index contributed by atoms with van der Waals surface area (Å²) >= 11 is 0. The van der Waals surface area contributed by atoms with E-state index in [1.54, 1.807) is 0 Å². The minimum absolute atomic E-state index is 0.374. The molecule has 0 aromatic heterocycles. The monoisotopic (exact) mass is 204 g/mol. The van der Waals surface area contributed by atoms with Crippen LogP contribution >= 0.6 is 0 Å². The third kappa shape index (κ3) is 2.82. The van der Waals surface area contributed by atoms with Crippen LogP contribution in [0.4, 0.5) is 0 Å². The van der Waals surface area contributed by atoms with Crippen LogP contribution in [0.15, 0.2) is 18.2 Å². The second-order valence-corrected chi connectivity index (χ2v) is 5.64. The molecule has 0 saturated carbocycles. The summed E-state index contributed by atoms with van der Waals surface area (Å²) in [5.41, 5.74) is 4.70. The normalized spacial score (nSPS) is 16.2. The van der Waals surface area contributed by atoms with Crippen molar-refractivity contribution in [1.29, 1.82) is 0 Å². The van der Waals surface area contributed by atoms with Gasteiger partial charge in [0.05, 0.1) is 13.2 Å². The summed E-state index contributed by atoms with van der Waals surface area (Å²) in [6.45, 7) is 8.54. The molecule has 1 aromatic rings. The zero-order chi connectivity index (χ0) is 10.9. The molecule has 0 fully saturated rings. The van der Waals surface area contributed by atoms with Crippen molar-refractivity contribution >= 4 is 0 Å². The highest BCUT2D eigenvalue weighted by atomic mass is 16.5. The van der Waals surface area contributed by atoms with E-state index in [2.05, 4.69) is 39.0 Å². The Morgan fingerprint density at radius 2 is 2.00 bits per heavy atom. The van der Waals surface area contributed by atoms with Crippen LogP contribution in [-0.2, 0) is 24.2 Å². The van der Waals surface area contributed by atoms with E-state index in [0.29, 0.717) is 5.41 Å². The van der Waals surface area contributed by atoms with Crippen LogP contribution in [0.3, 0.4) is 0 Å². The van der Waals surface area contributed by atoms with Crippen LogP contribution in [0, 0.1) is 5.41 Å². The van der Waals surface area contributed by atoms with Crippen LogP contribution in [-0.4, -0.2) is 6.61 Å². The second kappa shape index (κ2) is 3.97. The maximum absolute atomic E-state index is 5.44. The van der Waals surface area contributed by atoms with Gasteiger partial charge in [-0.25, -0.2) is 0 Å². The topological polar surface area (TPSA) is 9.23 Å². The Balaban J connectivity index is 2.21. The van der Waals surface area contributed by atoms with Crippen molar-refractivity contribution in [3.63, 3.8) is 0 Å². The van der Waals surface area contributed by atoms with Crippen LogP contribution in [0.1, 0.15) is 37.5 Å². The van der Waals surface area contributed by atoms with E-state index in [0.717, 1.165) is 26.1 Å². The minimum Gasteiger partial charge on any atom is -0.376 e. The highest BCUT2D eigenvalue weighted by molar-refractivity contribution is 5.33. The van der Waals surface area contributed by atoms with Crippen molar-refractivity contribution in [3.05, 3.63) is 34.9 Å². The fourth-order valence-electron chi connectivity index (χ4n) is 2.14. The summed E-state index contributed by atoms with van der Waals surface area (Å²) in [5.74, 6) is 0. The lowest BCUT2D eigenvalue weighted by atomic mass is 9.86. The number of fused-ring (bicyclic) bond motifs is 1. The molecule has 0 amide bonds. The van der Waals surface area contributed by atoms with E-state index in [4.69, 9.17) is 4.74 Å². The first-order chi connectivity index (χ1) is 7.04. The molecule has 0 bridgehead atoms. The standard InChI is InChI=1S/C14H20O/c1-14(2,3)9-11-4-5-13-10-15-7-6-12(13)8-11/h4-5,8H,6-7,9-10H2,1-3H3. The zero-order valence-corrected chi connectivity index (χ0v) is 9.97. The molecule has 2 rings (SSSR count). The summed E-state index contributed by atoms with van der Waals surface area (Å²) in [6.07, 6.45) is 2.23. The van der Waals surface area contributed by atoms with Gasteiger partial charge in [0.15, 0.2) is 0 Å². The summed E-state index contributed by atoms with van der Waals surface area (Å²) in [7, 11) is 0. The molecular formula is C14H20O. The lowest BCUT2D eigenvalue weighted by molar-refractivity contribution is 0.110. The average molecular weight is 204 g/mol. The second-order valence-electron chi connectivity index (χ2n) is 5.64. The number of benzene rings is 1. The maximum Gasteiger partial charge on any atom is 0.0719 e. The van der Waals surface area contributed by atoms with Gasteiger partial charge in [-0.3, -0.25) is 0 Å². The fraction of sp³-hybridized carbons (Fsp3) is 0.571. The molecule has 15 heavy (non-hydrogen) atoms. The number of rotatable bonds is 1. The molecule has 0 unspecified atom stereocenters. The van der Waals surface area contributed by atoms with Gasteiger partial charge in [-0.1, -0.05) is 39.0 Å². The Morgan fingerprint density at radius 1 is 1.20 bits per heavy atom. The van der Waals surface area contributed by atoms with Crippen molar-refractivity contribution in [2.45, 2.75) is 40.2 Å². The van der Waals surface area contributed by atoms with Gasteiger partial charge in [0, 0.05) is 0 Å². The van der Waals surface area contributed by atoms with Gasteiger partial charge in [0.25, 0.3) is 0 Å². The third-order valence-electron chi connectivity index (χ3n) is 2.78. The molecule has 0 radical (unpaired) electrons. The summed E-state index contributed by atoms with van der Waals surface area (Å²) in [5, 5.41) is 0. The summed E-state index contributed by atoms with van der Waals surface area (Å²) < 4.78 is 5.44. The number of hydrogen-bond donors (Lipinski definition) is 0. The Kier molecular flexibility index (Phi) is 2.83. The smallest absolute Gasteiger partial charge is 0.0719 e. The van der Waals surface area contributed by atoms with Crippen LogP contribution in [0.25, 0.3) is 0 Å². The van der Waals surface area contributed by atoms with Gasteiger partial charge in [-0.2, -0.15) is 0 Å². The largest absolute Gasteiger partial charge is 0.376 e. The molecule has 1 heteroatoms. The first kappa shape index (κ1) is 10.7. The van der Waals surface area contributed by atoms with Gasteiger partial charge < -0.3 is 4.74 Å². The molecule has 1 aromatic carbocycles. The molecule has 0 spiro atoms. The highest BCUT2D eigenvalue weighted by Crippen LogP contribution is 2.24. The zero-order valence-electron chi connectivity index (χ0n) is 9.97. The lowest BCUT2D eigenvalue weighted by Gasteiger charge is -2.21. The van der Waals surface area contributed by atoms with Gasteiger partial charge >= 0.3 is 0 Å². The maximum atomic E-state index is 5.44. The van der Waals surface area contributed by atoms with Crippen molar-refractivity contribution in [2.75, 3.05) is 6.61 Å². The van der Waals surface area contributed by atoms with Gasteiger partial charge in [0.2, 0.25) is 0 Å². The molecule has 0 aliphatic carbocycles. The summed E-state index contributed by atoms with van der Waals surface area (Å²) in [6, 6.07) is 6.84. The first-order valence-corrected chi connectivity index (χ1v) is 5.73. The molecule has 82 valence electrons. The molecule has 1 aliphatic rings. The molecular weight excluding hydrogens is 184 g/mol. The highest BCUT2D eigenvalue weighted by Gasteiger charge is 2.14. The predicted molar refractivity (Wildman–Crippen MR) is 63.0 cm³/mol. The fourth-order valence-corrected chi connectivity index (χ4v) is 2.14. The Bertz CT molecular complexity index is 347. The summed E-state index contributed by atoms with van der Waals surface area (Å²) in [4.78, 5) is 0. The Hall–Kier alpha value is -0.820. The first-order valence-electron chi connectivity index (χ1n) is 5.73. The van der Waals surface area contributed by atoms with Crippen molar-refractivity contribution in [2.24, 2.45) is 5.41 Å². The van der Waals surface area contributed by atoms with Crippen molar-refractivity contribution < 1.29 is 4.74 Å². The van der Waals surface area contributed by atoms with Gasteiger partial charge in [0.1, 0.15) is 0 Å². The van der Waals surface area contributed by atoms with E-state index in [1.165, 1.54) is 16.7 Å². The third-order valence-corrected chi connectivity index (χ3v) is 2.78. The predicted octanol–water partition coefficient (Wildman–Crippen LogP) is 3.35. The van der Waals surface area contributed by atoms with Crippen molar-refractivity contribution in [3.8, 4) is 0 Å². The van der Waals surface area contributed by atoms with E-state index in [1.807, 2.05) is 0 Å².